The number of hydrogen-bond acceptors (Lipinski definition) is 2. The van der Waals surface area contributed by atoms with E-state index in [1.165, 1.54) is 25.3 Å². The number of benzene rings is 2. The first kappa shape index (κ1) is 12.8. The highest BCUT2D eigenvalue weighted by Crippen LogP contribution is 2.36. The van der Waals surface area contributed by atoms with Gasteiger partial charge in [0.2, 0.25) is 0 Å². The predicted octanol–water partition coefficient (Wildman–Crippen LogP) is 3.58. The molecule has 0 saturated heterocycles. The first-order valence-corrected chi connectivity index (χ1v) is 7.37. The Bertz CT molecular complexity index is 765. The maximum absolute atomic E-state index is 14.1. The second-order valence-corrected chi connectivity index (χ2v) is 6.38. The zero-order valence-electron chi connectivity index (χ0n) is 11.9. The van der Waals surface area contributed by atoms with Crippen molar-refractivity contribution in [1.82, 2.24) is 5.32 Å². The maximum atomic E-state index is 14.1. The van der Waals surface area contributed by atoms with Gasteiger partial charge in [-0.3, -0.25) is 4.79 Å². The minimum absolute atomic E-state index is 0.141. The summed E-state index contributed by atoms with van der Waals surface area (Å²) < 4.78 is 14.1. The molecule has 0 unspecified atom stereocenters. The smallest absolute Gasteiger partial charge is 0.256 e. The molecule has 0 spiro atoms. The van der Waals surface area contributed by atoms with Gasteiger partial charge in [-0.2, -0.15) is 0 Å². The molecule has 1 saturated carbocycles. The van der Waals surface area contributed by atoms with E-state index in [1.807, 2.05) is 12.1 Å². The number of hydrogen-bond donors (Lipinski definition) is 2. The number of carbonyl (C=O) groups is 1. The van der Waals surface area contributed by atoms with Crippen molar-refractivity contribution in [3.05, 3.63) is 41.2 Å². The van der Waals surface area contributed by atoms with Crippen LogP contribution in [-0.2, 0) is 6.54 Å². The van der Waals surface area contributed by atoms with Gasteiger partial charge in [-0.25, -0.2) is 4.39 Å². The van der Waals surface area contributed by atoms with Crippen LogP contribution in [0.2, 0.25) is 0 Å². The van der Waals surface area contributed by atoms with Gasteiger partial charge in [-0.1, -0.05) is 0 Å². The Morgan fingerprint density at radius 3 is 2.86 bits per heavy atom. The summed E-state index contributed by atoms with van der Waals surface area (Å²) in [5.74, 6) is -0.416. The quantitative estimate of drug-likeness (QED) is 0.904. The minimum Gasteiger partial charge on any atom is -0.321 e. The molecule has 1 aliphatic heterocycles. The molecule has 2 N–H and O–H groups in total. The lowest BCUT2D eigenvalue weighted by Crippen LogP contribution is -2.47. The van der Waals surface area contributed by atoms with Crippen molar-refractivity contribution in [1.29, 1.82) is 0 Å². The topological polar surface area (TPSA) is 41.1 Å². The third kappa shape index (κ3) is 1.94. The van der Waals surface area contributed by atoms with Crippen LogP contribution < -0.4 is 10.6 Å². The maximum Gasteiger partial charge on any atom is 0.256 e. The van der Waals surface area contributed by atoms with Crippen LogP contribution in [0, 0.1) is 5.82 Å². The second-order valence-electron chi connectivity index (χ2n) is 6.38. The lowest BCUT2D eigenvalue weighted by Gasteiger charge is -2.39. The largest absolute Gasteiger partial charge is 0.321 e. The van der Waals surface area contributed by atoms with Crippen LogP contribution in [0.25, 0.3) is 10.8 Å². The molecule has 21 heavy (non-hydrogen) atoms. The Labute approximate surface area is 122 Å². The summed E-state index contributed by atoms with van der Waals surface area (Å²) in [5.41, 5.74) is 2.44. The fourth-order valence-corrected chi connectivity index (χ4v) is 3.28. The molecule has 1 amide bonds. The molecule has 4 heteroatoms. The average Bonchev–Trinajstić information content (AvgIpc) is 2.76. The summed E-state index contributed by atoms with van der Waals surface area (Å²) in [4.78, 5) is 12.0. The van der Waals surface area contributed by atoms with E-state index < -0.39 is 0 Å². The van der Waals surface area contributed by atoms with E-state index in [0.29, 0.717) is 28.6 Å². The Morgan fingerprint density at radius 1 is 1.33 bits per heavy atom. The third-order valence-corrected chi connectivity index (χ3v) is 4.79. The molecule has 0 aromatic heterocycles. The molecule has 1 heterocycles. The highest BCUT2D eigenvalue weighted by atomic mass is 19.1. The van der Waals surface area contributed by atoms with Crippen LogP contribution in [-0.4, -0.2) is 11.4 Å². The SMILES string of the molecule is CC1(NCc2cc3c4c(ccc(F)c4c2)NC3=O)CCC1. The Balaban J connectivity index is 1.75. The highest BCUT2D eigenvalue weighted by molar-refractivity contribution is 6.24. The molecule has 1 fully saturated rings. The summed E-state index contributed by atoms with van der Waals surface area (Å²) in [7, 11) is 0. The molecule has 4 rings (SSSR count). The molecule has 0 radical (unpaired) electrons. The number of amides is 1. The van der Waals surface area contributed by atoms with E-state index in [0.717, 1.165) is 5.56 Å². The minimum atomic E-state index is -0.275. The Kier molecular flexibility index (Phi) is 2.60. The Morgan fingerprint density at radius 2 is 2.14 bits per heavy atom. The first-order valence-electron chi connectivity index (χ1n) is 7.37. The average molecular weight is 284 g/mol. The van der Waals surface area contributed by atoms with Gasteiger partial charge in [0.05, 0.1) is 5.56 Å². The van der Waals surface area contributed by atoms with Crippen molar-refractivity contribution in [2.24, 2.45) is 0 Å². The normalized spacial score (nSPS) is 18.7. The van der Waals surface area contributed by atoms with Crippen molar-refractivity contribution in [3.8, 4) is 0 Å². The van der Waals surface area contributed by atoms with Crippen molar-refractivity contribution >= 4 is 22.4 Å². The van der Waals surface area contributed by atoms with Gasteiger partial charge in [0.25, 0.3) is 5.91 Å². The first-order chi connectivity index (χ1) is 10.1. The van der Waals surface area contributed by atoms with E-state index in [4.69, 9.17) is 0 Å². The summed E-state index contributed by atoms with van der Waals surface area (Å²) in [5, 5.41) is 7.55. The summed E-state index contributed by atoms with van der Waals surface area (Å²) in [6.45, 7) is 2.87. The van der Waals surface area contributed by atoms with E-state index in [9.17, 15) is 9.18 Å². The van der Waals surface area contributed by atoms with Crippen molar-refractivity contribution in [3.63, 3.8) is 0 Å². The van der Waals surface area contributed by atoms with Gasteiger partial charge in [-0.05, 0) is 56.0 Å². The molecule has 3 nitrogen and oxygen atoms in total. The monoisotopic (exact) mass is 284 g/mol. The molecule has 0 atom stereocenters. The fraction of sp³-hybridized carbons (Fsp3) is 0.353. The standard InChI is InChI=1S/C17H17FN2O/c1-17(5-2-6-17)19-9-10-7-11-13(18)3-4-14-15(11)12(8-10)16(21)20-14/h3-4,7-8,19H,2,5-6,9H2,1H3,(H,20,21). The number of nitrogens with one attached hydrogen (secondary N) is 2. The molecule has 108 valence electrons. The van der Waals surface area contributed by atoms with Gasteiger partial charge in [0.15, 0.2) is 0 Å². The molecular weight excluding hydrogens is 267 g/mol. The lowest BCUT2D eigenvalue weighted by atomic mass is 9.78. The third-order valence-electron chi connectivity index (χ3n) is 4.79. The van der Waals surface area contributed by atoms with Crippen LogP contribution in [0.15, 0.2) is 24.3 Å². The lowest BCUT2D eigenvalue weighted by molar-refractivity contribution is 0.103. The van der Waals surface area contributed by atoms with Crippen molar-refractivity contribution in [2.75, 3.05) is 5.32 Å². The predicted molar refractivity (Wildman–Crippen MR) is 81.0 cm³/mol. The molecule has 2 aromatic carbocycles. The van der Waals surface area contributed by atoms with Gasteiger partial charge < -0.3 is 10.6 Å². The molecule has 0 bridgehead atoms. The van der Waals surface area contributed by atoms with Gasteiger partial charge in [0, 0.05) is 28.5 Å². The summed E-state index contributed by atoms with van der Waals surface area (Å²) >= 11 is 0. The zero-order valence-corrected chi connectivity index (χ0v) is 11.9. The van der Waals surface area contributed by atoms with E-state index in [2.05, 4.69) is 17.6 Å². The number of rotatable bonds is 3. The van der Waals surface area contributed by atoms with Gasteiger partial charge >= 0.3 is 0 Å². The Hall–Kier alpha value is -1.94. The zero-order chi connectivity index (χ0) is 14.6. The van der Waals surface area contributed by atoms with Crippen LogP contribution in [0.1, 0.15) is 42.1 Å². The van der Waals surface area contributed by atoms with E-state index in [-0.39, 0.29) is 17.3 Å². The molecule has 2 aromatic rings. The van der Waals surface area contributed by atoms with Gasteiger partial charge in [0.1, 0.15) is 5.82 Å². The second kappa shape index (κ2) is 4.28. The van der Waals surface area contributed by atoms with Gasteiger partial charge in [-0.15, -0.1) is 0 Å². The molecule has 2 aliphatic rings. The van der Waals surface area contributed by atoms with E-state index >= 15 is 0 Å². The molecular formula is C17H17FN2O. The summed E-state index contributed by atoms with van der Waals surface area (Å²) in [6, 6.07) is 6.77. The van der Waals surface area contributed by atoms with Crippen LogP contribution in [0.4, 0.5) is 10.1 Å². The van der Waals surface area contributed by atoms with Crippen molar-refractivity contribution < 1.29 is 9.18 Å². The van der Waals surface area contributed by atoms with Crippen LogP contribution in [0.3, 0.4) is 0 Å². The van der Waals surface area contributed by atoms with Crippen molar-refractivity contribution in [2.45, 2.75) is 38.3 Å². The van der Waals surface area contributed by atoms with Crippen LogP contribution in [0.5, 0.6) is 0 Å². The number of carbonyl (C=O) groups excluding carboxylic acids is 1. The summed E-state index contributed by atoms with van der Waals surface area (Å²) in [6.07, 6.45) is 3.60. The highest BCUT2D eigenvalue weighted by Gasteiger charge is 2.31. The van der Waals surface area contributed by atoms with E-state index in [1.54, 1.807) is 6.07 Å². The van der Waals surface area contributed by atoms with Crippen LogP contribution >= 0.6 is 0 Å². The fourth-order valence-electron chi connectivity index (χ4n) is 3.28. The number of halogens is 1. The number of anilines is 1. The molecule has 1 aliphatic carbocycles.